The van der Waals surface area contributed by atoms with E-state index in [1.807, 2.05) is 12.2 Å². The van der Waals surface area contributed by atoms with Gasteiger partial charge in [0.1, 0.15) is 0 Å². The van der Waals surface area contributed by atoms with E-state index in [4.69, 9.17) is 4.74 Å². The van der Waals surface area contributed by atoms with E-state index in [-0.39, 0.29) is 0 Å². The minimum Gasteiger partial charge on any atom is -0.377 e. The van der Waals surface area contributed by atoms with Crippen LogP contribution in [0.4, 0.5) is 0 Å². The normalized spacial score (nSPS) is 20.5. The van der Waals surface area contributed by atoms with Crippen LogP contribution in [-0.2, 0) is 9.47 Å². The Hall–Kier alpha value is -0.640. The average Bonchev–Trinajstić information content (AvgIpc) is 3.01. The summed E-state index contributed by atoms with van der Waals surface area (Å²) in [6.07, 6.45) is 4.23. The number of nitrogens with one attached hydrogen (secondary N) is 1. The van der Waals surface area contributed by atoms with E-state index in [9.17, 15) is 0 Å². The van der Waals surface area contributed by atoms with E-state index < -0.39 is 0 Å². The summed E-state index contributed by atoms with van der Waals surface area (Å²) in [7, 11) is 0. The second kappa shape index (κ2) is 10.4. The monoisotopic (exact) mass is 199 g/mol. The van der Waals surface area contributed by atoms with E-state index in [0.29, 0.717) is 6.10 Å². The molecule has 0 aromatic carbocycles. The Morgan fingerprint density at radius 3 is 1.79 bits per heavy atom. The highest BCUT2D eigenvalue weighted by Crippen LogP contribution is 2.04. The second-order valence-corrected chi connectivity index (χ2v) is 2.99. The summed E-state index contributed by atoms with van der Waals surface area (Å²) in [6, 6.07) is 0. The van der Waals surface area contributed by atoms with Crippen LogP contribution in [-0.4, -0.2) is 39.0 Å². The molecule has 2 saturated heterocycles. The molecule has 0 spiro atoms. The van der Waals surface area contributed by atoms with Crippen molar-refractivity contribution in [1.82, 2.24) is 5.32 Å². The molecule has 2 aliphatic heterocycles. The highest BCUT2D eigenvalue weighted by Gasteiger charge is 2.13. The van der Waals surface area contributed by atoms with Gasteiger partial charge in [0.2, 0.25) is 0 Å². The van der Waals surface area contributed by atoms with Crippen LogP contribution < -0.4 is 5.32 Å². The first kappa shape index (κ1) is 13.4. The van der Waals surface area contributed by atoms with Crippen molar-refractivity contribution in [2.45, 2.75) is 13.0 Å². The Bertz CT molecular complexity index is 131. The molecular formula is C11H21NO2. The molecular weight excluding hydrogens is 178 g/mol. The van der Waals surface area contributed by atoms with E-state index in [2.05, 4.69) is 30.1 Å². The largest absolute Gasteiger partial charge is 0.377 e. The zero-order valence-corrected chi connectivity index (χ0v) is 9.00. The Balaban J connectivity index is 0.000000199. The first-order chi connectivity index (χ1) is 6.81. The van der Waals surface area contributed by atoms with Crippen LogP contribution in [0, 0.1) is 0 Å². The van der Waals surface area contributed by atoms with Crippen LogP contribution in [0.25, 0.3) is 0 Å². The molecule has 2 heterocycles. The summed E-state index contributed by atoms with van der Waals surface area (Å²) in [4.78, 5) is 0. The minimum atomic E-state index is 0.583. The fourth-order valence-corrected chi connectivity index (χ4v) is 0.384. The van der Waals surface area contributed by atoms with Crippen molar-refractivity contribution in [2.24, 2.45) is 0 Å². The van der Waals surface area contributed by atoms with Crippen LogP contribution in [0.2, 0.25) is 0 Å². The second-order valence-electron chi connectivity index (χ2n) is 2.99. The third-order valence-corrected chi connectivity index (χ3v) is 1.28. The molecule has 0 bridgehead atoms. The summed E-state index contributed by atoms with van der Waals surface area (Å²) in [5, 5.41) is 3.05. The van der Waals surface area contributed by atoms with Crippen molar-refractivity contribution in [1.29, 1.82) is 0 Å². The lowest BCUT2D eigenvalue weighted by molar-refractivity contribution is 0.423. The smallest absolute Gasteiger partial charge is 0.0781 e. The van der Waals surface area contributed by atoms with Crippen molar-refractivity contribution in [3.63, 3.8) is 0 Å². The molecule has 0 aromatic heterocycles. The summed E-state index contributed by atoms with van der Waals surface area (Å²) in [6.45, 7) is 13.8. The van der Waals surface area contributed by atoms with E-state index >= 15 is 0 Å². The predicted octanol–water partition coefficient (Wildman–Crippen LogP) is 1.37. The van der Waals surface area contributed by atoms with Gasteiger partial charge in [-0.3, -0.25) is 0 Å². The van der Waals surface area contributed by atoms with Gasteiger partial charge >= 0.3 is 0 Å². The Morgan fingerprint density at radius 2 is 1.64 bits per heavy atom. The summed E-state index contributed by atoms with van der Waals surface area (Å²) in [5.41, 5.74) is 0. The first-order valence-corrected chi connectivity index (χ1v) is 4.93. The quantitative estimate of drug-likeness (QED) is 0.422. The molecule has 3 heteroatoms. The average molecular weight is 199 g/mol. The van der Waals surface area contributed by atoms with Crippen LogP contribution in [0.15, 0.2) is 25.3 Å². The molecule has 1 N–H and O–H groups in total. The van der Waals surface area contributed by atoms with Crippen molar-refractivity contribution < 1.29 is 9.47 Å². The maximum Gasteiger partial charge on any atom is 0.0781 e. The van der Waals surface area contributed by atoms with Gasteiger partial charge in [-0.1, -0.05) is 12.2 Å². The maximum atomic E-state index is 4.71. The molecule has 0 radical (unpaired) electrons. The molecule has 3 nitrogen and oxygen atoms in total. The molecule has 0 aromatic rings. The molecule has 14 heavy (non-hydrogen) atoms. The first-order valence-electron chi connectivity index (χ1n) is 4.93. The Kier molecular flexibility index (Phi) is 9.96. The van der Waals surface area contributed by atoms with Gasteiger partial charge < -0.3 is 14.8 Å². The highest BCUT2D eigenvalue weighted by atomic mass is 16.6. The lowest BCUT2D eigenvalue weighted by Crippen LogP contribution is -2.11. The topological polar surface area (TPSA) is 37.1 Å². The third-order valence-electron chi connectivity index (χ3n) is 1.28. The van der Waals surface area contributed by atoms with E-state index in [0.717, 1.165) is 32.9 Å². The zero-order valence-electron chi connectivity index (χ0n) is 9.00. The summed E-state index contributed by atoms with van der Waals surface area (Å²) in [5.74, 6) is 0. The van der Waals surface area contributed by atoms with Crippen molar-refractivity contribution in [2.75, 3.05) is 32.9 Å². The predicted molar refractivity (Wildman–Crippen MR) is 59.5 cm³/mol. The zero-order chi connectivity index (χ0) is 10.6. The molecule has 1 unspecified atom stereocenters. The van der Waals surface area contributed by atoms with E-state index in [1.165, 1.54) is 0 Å². The van der Waals surface area contributed by atoms with Gasteiger partial charge in [0.05, 0.1) is 25.9 Å². The van der Waals surface area contributed by atoms with Gasteiger partial charge in [0.25, 0.3) is 0 Å². The number of rotatable bonds is 4. The SMILES string of the molecule is C1CO1.C=CCNCC=C.CC1CO1. The lowest BCUT2D eigenvalue weighted by atomic mass is 10.5. The fraction of sp³-hybridized carbons (Fsp3) is 0.636. The molecule has 82 valence electrons. The number of hydrogen-bond donors (Lipinski definition) is 1. The lowest BCUT2D eigenvalue weighted by Gasteiger charge is -1.90. The molecule has 2 aliphatic rings. The fourth-order valence-electron chi connectivity index (χ4n) is 0.384. The molecule has 0 amide bonds. The van der Waals surface area contributed by atoms with Crippen molar-refractivity contribution in [3.05, 3.63) is 25.3 Å². The maximum absolute atomic E-state index is 4.71. The summed E-state index contributed by atoms with van der Waals surface area (Å²) >= 11 is 0. The van der Waals surface area contributed by atoms with Gasteiger partial charge in [-0.15, -0.1) is 13.2 Å². The summed E-state index contributed by atoms with van der Waals surface area (Å²) < 4.78 is 9.21. The molecule has 2 rings (SSSR count). The van der Waals surface area contributed by atoms with Crippen LogP contribution in [0.1, 0.15) is 6.92 Å². The molecule has 0 aliphatic carbocycles. The Morgan fingerprint density at radius 1 is 1.29 bits per heavy atom. The molecule has 0 saturated carbocycles. The van der Waals surface area contributed by atoms with Crippen molar-refractivity contribution in [3.8, 4) is 0 Å². The van der Waals surface area contributed by atoms with Gasteiger partial charge in [-0.25, -0.2) is 0 Å². The molecule has 1 atom stereocenters. The van der Waals surface area contributed by atoms with Crippen LogP contribution in [0.5, 0.6) is 0 Å². The third kappa shape index (κ3) is 22.5. The standard InChI is InChI=1S/C6H11N.C3H6O.C2H4O/c1-3-5-7-6-4-2;1-3-2-4-3;1-2-3-1/h3-4,7H,1-2,5-6H2;3H,2H2,1H3;1-2H2. The van der Waals surface area contributed by atoms with Gasteiger partial charge in [-0.2, -0.15) is 0 Å². The van der Waals surface area contributed by atoms with Crippen LogP contribution >= 0.6 is 0 Å². The van der Waals surface area contributed by atoms with Gasteiger partial charge in [0, 0.05) is 13.1 Å². The molecule has 2 fully saturated rings. The highest BCUT2D eigenvalue weighted by molar-refractivity contribution is 4.75. The number of hydrogen-bond acceptors (Lipinski definition) is 3. The number of epoxide rings is 2. The van der Waals surface area contributed by atoms with Crippen molar-refractivity contribution >= 4 is 0 Å². The van der Waals surface area contributed by atoms with Gasteiger partial charge in [0.15, 0.2) is 0 Å². The number of ether oxygens (including phenoxy) is 2. The van der Waals surface area contributed by atoms with Gasteiger partial charge in [-0.05, 0) is 6.92 Å². The Labute approximate surface area is 86.8 Å². The van der Waals surface area contributed by atoms with E-state index in [1.54, 1.807) is 0 Å². The van der Waals surface area contributed by atoms with Crippen LogP contribution in [0.3, 0.4) is 0 Å². The minimum absolute atomic E-state index is 0.583.